The van der Waals surface area contributed by atoms with Crippen LogP contribution in [0.1, 0.15) is 59.7 Å². The Balaban J connectivity index is 1.97. The fraction of sp³-hybridized carbons (Fsp3) is 0.421. The third kappa shape index (κ3) is 3.31. The molecule has 3 rings (SSSR count). The first kappa shape index (κ1) is 17.6. The Bertz CT molecular complexity index is 800. The first-order valence-electron chi connectivity index (χ1n) is 8.32. The van der Waals surface area contributed by atoms with Crippen LogP contribution in [0.25, 0.3) is 0 Å². The van der Waals surface area contributed by atoms with Crippen molar-refractivity contribution in [3.8, 4) is 0 Å². The highest BCUT2D eigenvalue weighted by atomic mass is 19.1. The number of benzene rings is 1. The van der Waals surface area contributed by atoms with Gasteiger partial charge in [-0.1, -0.05) is 13.8 Å². The summed E-state index contributed by atoms with van der Waals surface area (Å²) in [5.74, 6) is -0.223. The summed E-state index contributed by atoms with van der Waals surface area (Å²) >= 11 is 0. The van der Waals surface area contributed by atoms with Gasteiger partial charge in [0.15, 0.2) is 0 Å². The first-order chi connectivity index (χ1) is 11.8. The Labute approximate surface area is 145 Å². The number of carbonyl (C=O) groups excluding carboxylic acids is 1. The number of aliphatic hydroxyl groups excluding tert-OH is 1. The van der Waals surface area contributed by atoms with Crippen LogP contribution < -0.4 is 0 Å². The van der Waals surface area contributed by atoms with Crippen LogP contribution in [-0.2, 0) is 0 Å². The van der Waals surface area contributed by atoms with E-state index in [0.717, 1.165) is 18.2 Å². The topological polar surface area (TPSA) is 53.7 Å². The molecule has 1 aliphatic heterocycles. The number of hydrogen-bond donors (Lipinski definition) is 1. The molecule has 2 unspecified atom stereocenters. The van der Waals surface area contributed by atoms with Gasteiger partial charge in [0, 0.05) is 18.0 Å². The number of nitrogens with zero attached hydrogens (tertiary/aromatic N) is 1. The van der Waals surface area contributed by atoms with E-state index in [-0.39, 0.29) is 30.4 Å². The lowest BCUT2D eigenvalue weighted by Crippen LogP contribution is -2.32. The van der Waals surface area contributed by atoms with E-state index in [9.17, 15) is 18.7 Å². The molecule has 25 heavy (non-hydrogen) atoms. The molecule has 1 fully saturated rings. The molecule has 0 saturated carbocycles. The highest BCUT2D eigenvalue weighted by Gasteiger charge is 2.38. The number of aliphatic hydroxyl groups is 1. The molecule has 6 heteroatoms. The van der Waals surface area contributed by atoms with Crippen molar-refractivity contribution >= 4 is 5.91 Å². The van der Waals surface area contributed by atoms with E-state index in [0.29, 0.717) is 17.1 Å². The second-order valence-electron chi connectivity index (χ2n) is 6.80. The van der Waals surface area contributed by atoms with E-state index in [4.69, 9.17) is 4.42 Å². The molecule has 0 spiro atoms. The minimum atomic E-state index is -0.784. The molecule has 1 N–H and O–H groups in total. The van der Waals surface area contributed by atoms with Crippen molar-refractivity contribution in [3.05, 3.63) is 58.5 Å². The third-order valence-electron chi connectivity index (χ3n) is 4.59. The second-order valence-corrected chi connectivity index (χ2v) is 6.80. The van der Waals surface area contributed by atoms with Crippen LogP contribution in [0.2, 0.25) is 0 Å². The van der Waals surface area contributed by atoms with Crippen molar-refractivity contribution < 1.29 is 23.1 Å². The summed E-state index contributed by atoms with van der Waals surface area (Å²) in [5.41, 5.74) is 0.467. The van der Waals surface area contributed by atoms with E-state index in [1.165, 1.54) is 4.90 Å². The molecule has 1 amide bonds. The van der Waals surface area contributed by atoms with Crippen molar-refractivity contribution in [2.24, 2.45) is 0 Å². The zero-order valence-corrected chi connectivity index (χ0v) is 14.4. The second kappa shape index (κ2) is 6.59. The largest absolute Gasteiger partial charge is 0.465 e. The van der Waals surface area contributed by atoms with Gasteiger partial charge in [-0.2, -0.15) is 0 Å². The first-order valence-corrected chi connectivity index (χ1v) is 8.32. The Kier molecular flexibility index (Phi) is 4.64. The Morgan fingerprint density at radius 2 is 2.04 bits per heavy atom. The lowest BCUT2D eigenvalue weighted by atomic mass is 10.0. The molecule has 0 radical (unpaired) electrons. The predicted molar refractivity (Wildman–Crippen MR) is 88.3 cm³/mol. The average Bonchev–Trinajstić information content (AvgIpc) is 3.12. The number of furan rings is 1. The molecule has 1 saturated heterocycles. The van der Waals surface area contributed by atoms with Crippen molar-refractivity contribution in [2.75, 3.05) is 6.54 Å². The molecule has 1 aromatic carbocycles. The maximum absolute atomic E-state index is 14.2. The summed E-state index contributed by atoms with van der Waals surface area (Å²) < 4.78 is 33.4. The summed E-state index contributed by atoms with van der Waals surface area (Å²) in [6.07, 6.45) is -0.617. The summed E-state index contributed by atoms with van der Waals surface area (Å²) in [6.45, 7) is 5.68. The van der Waals surface area contributed by atoms with Gasteiger partial charge >= 0.3 is 0 Å². The quantitative estimate of drug-likeness (QED) is 0.913. The lowest BCUT2D eigenvalue weighted by molar-refractivity contribution is 0.0712. The summed E-state index contributed by atoms with van der Waals surface area (Å²) in [7, 11) is 0. The summed E-state index contributed by atoms with van der Waals surface area (Å²) in [4.78, 5) is 14.4. The third-order valence-corrected chi connectivity index (χ3v) is 4.59. The zero-order chi connectivity index (χ0) is 18.3. The molecule has 1 aliphatic rings. The molecule has 2 heterocycles. The van der Waals surface area contributed by atoms with Crippen LogP contribution in [0.4, 0.5) is 8.78 Å². The van der Waals surface area contributed by atoms with Gasteiger partial charge in [-0.15, -0.1) is 0 Å². The highest BCUT2D eigenvalue weighted by molar-refractivity contribution is 5.95. The van der Waals surface area contributed by atoms with E-state index in [2.05, 4.69) is 0 Å². The molecule has 134 valence electrons. The zero-order valence-electron chi connectivity index (χ0n) is 14.4. The molecular formula is C19H21F2NO3. The fourth-order valence-electron chi connectivity index (χ4n) is 3.26. The number of aryl methyl sites for hydroxylation is 1. The normalized spacial score (nSPS) is 20.5. The van der Waals surface area contributed by atoms with Gasteiger partial charge in [0.1, 0.15) is 23.2 Å². The minimum absolute atomic E-state index is 0.0705. The number of amides is 1. The molecule has 4 nitrogen and oxygen atoms in total. The monoisotopic (exact) mass is 349 g/mol. The van der Waals surface area contributed by atoms with Crippen molar-refractivity contribution in [2.45, 2.75) is 45.3 Å². The predicted octanol–water partition coefficient (Wildman–Crippen LogP) is 3.94. The molecule has 2 atom stereocenters. The standard InChI is InChI=1S/C19H21F2NO3/c1-10(2)18-8-14(11(3)25-18)19(24)22-9-13(23)7-17(22)15-6-12(20)4-5-16(15)21/h4-6,8,10,13,17,23H,7,9H2,1-3H3. The fourth-order valence-corrected chi connectivity index (χ4v) is 3.26. The molecule has 1 aromatic heterocycles. The summed E-state index contributed by atoms with van der Waals surface area (Å²) in [5, 5.41) is 10.0. The van der Waals surface area contributed by atoms with Crippen LogP contribution in [0.15, 0.2) is 28.7 Å². The average molecular weight is 349 g/mol. The number of β-amino-alcohol motifs (C(OH)–C–C–N with tert-alkyl or cyclic N) is 1. The van der Waals surface area contributed by atoms with Gasteiger partial charge in [-0.25, -0.2) is 8.78 Å². The van der Waals surface area contributed by atoms with Crippen LogP contribution in [-0.4, -0.2) is 28.6 Å². The van der Waals surface area contributed by atoms with Gasteiger partial charge in [-0.05, 0) is 37.6 Å². The number of hydrogen-bond acceptors (Lipinski definition) is 3. The van der Waals surface area contributed by atoms with Gasteiger partial charge in [-0.3, -0.25) is 4.79 Å². The van der Waals surface area contributed by atoms with Crippen LogP contribution in [0.5, 0.6) is 0 Å². The Morgan fingerprint density at radius 3 is 2.68 bits per heavy atom. The van der Waals surface area contributed by atoms with Gasteiger partial charge < -0.3 is 14.4 Å². The summed E-state index contributed by atoms with van der Waals surface area (Å²) in [6, 6.07) is 4.13. The maximum atomic E-state index is 14.2. The van der Waals surface area contributed by atoms with Crippen molar-refractivity contribution in [1.29, 1.82) is 0 Å². The number of carbonyl (C=O) groups is 1. The van der Waals surface area contributed by atoms with Crippen LogP contribution >= 0.6 is 0 Å². The molecule has 2 aromatic rings. The Morgan fingerprint density at radius 1 is 1.32 bits per heavy atom. The van der Waals surface area contributed by atoms with E-state index in [1.807, 2.05) is 13.8 Å². The van der Waals surface area contributed by atoms with E-state index >= 15 is 0 Å². The number of rotatable bonds is 3. The SMILES string of the molecule is Cc1oc(C(C)C)cc1C(=O)N1CC(O)CC1c1cc(F)ccc1F. The molecule has 0 aliphatic carbocycles. The van der Waals surface area contributed by atoms with Gasteiger partial charge in [0.25, 0.3) is 5.91 Å². The van der Waals surface area contributed by atoms with Crippen LogP contribution in [0, 0.1) is 18.6 Å². The van der Waals surface area contributed by atoms with Gasteiger partial charge in [0.05, 0.1) is 17.7 Å². The highest BCUT2D eigenvalue weighted by Crippen LogP contribution is 2.36. The molecule has 0 bridgehead atoms. The van der Waals surface area contributed by atoms with Crippen molar-refractivity contribution in [3.63, 3.8) is 0 Å². The van der Waals surface area contributed by atoms with Gasteiger partial charge in [0.2, 0.25) is 0 Å². The smallest absolute Gasteiger partial charge is 0.258 e. The van der Waals surface area contributed by atoms with E-state index in [1.54, 1.807) is 13.0 Å². The van der Waals surface area contributed by atoms with Crippen molar-refractivity contribution in [1.82, 2.24) is 4.90 Å². The molecular weight excluding hydrogens is 328 g/mol. The van der Waals surface area contributed by atoms with Crippen LogP contribution in [0.3, 0.4) is 0 Å². The van der Waals surface area contributed by atoms with E-state index < -0.39 is 23.8 Å². The number of likely N-dealkylation sites (tertiary alicyclic amines) is 1. The minimum Gasteiger partial charge on any atom is -0.465 e. The lowest BCUT2D eigenvalue weighted by Gasteiger charge is -2.25. The Hall–Kier alpha value is -2.21. The number of halogens is 2. The maximum Gasteiger partial charge on any atom is 0.258 e.